The van der Waals surface area contributed by atoms with Gasteiger partial charge in [0.15, 0.2) is 0 Å². The number of benzene rings is 1. The highest BCUT2D eigenvalue weighted by Gasteiger charge is 2.38. The van der Waals surface area contributed by atoms with E-state index < -0.39 is 22.2 Å². The van der Waals surface area contributed by atoms with Gasteiger partial charge in [-0.05, 0) is 17.7 Å². The first-order valence-electron chi connectivity index (χ1n) is 5.44. The van der Waals surface area contributed by atoms with Crippen molar-refractivity contribution in [3.63, 3.8) is 0 Å². The van der Waals surface area contributed by atoms with Crippen molar-refractivity contribution in [2.75, 3.05) is 14.1 Å². The molecular weight excluding hydrogens is 313 g/mol. The number of carbonyl (C=O) groups is 1. The highest BCUT2D eigenvalue weighted by atomic mass is 32.2. The minimum Gasteiger partial charge on any atom is -0.475 e. The second-order valence-corrected chi connectivity index (χ2v) is 6.09. The van der Waals surface area contributed by atoms with Crippen molar-refractivity contribution >= 4 is 16.0 Å². The maximum atomic E-state index is 11.6. The van der Waals surface area contributed by atoms with Crippen LogP contribution in [0.2, 0.25) is 0 Å². The molecule has 0 heterocycles. The van der Waals surface area contributed by atoms with Crippen molar-refractivity contribution in [2.24, 2.45) is 5.73 Å². The van der Waals surface area contributed by atoms with E-state index in [1.54, 1.807) is 24.3 Å². The normalized spacial score (nSPS) is 11.8. The molecule has 0 aliphatic rings. The number of hydrogen-bond acceptors (Lipinski definition) is 4. The average molecular weight is 328 g/mol. The van der Waals surface area contributed by atoms with Gasteiger partial charge in [0, 0.05) is 20.6 Å². The first-order chi connectivity index (χ1) is 9.42. The van der Waals surface area contributed by atoms with Crippen molar-refractivity contribution in [1.29, 1.82) is 0 Å². The van der Waals surface area contributed by atoms with E-state index in [-0.39, 0.29) is 0 Å². The standard InChI is InChI=1S/C9H14N2O2S.C2HF3O2/c1-11(2)14(12,13)9-5-3-8(7-10)4-6-9;3-2(4,5)1(6)7/h3-6H,7,10H2,1-2H3;(H,6,7). The Labute approximate surface area is 120 Å². The van der Waals surface area contributed by atoms with E-state index in [2.05, 4.69) is 0 Å². The molecule has 0 saturated heterocycles. The fourth-order valence-electron chi connectivity index (χ4n) is 1.01. The summed E-state index contributed by atoms with van der Waals surface area (Å²) >= 11 is 0. The summed E-state index contributed by atoms with van der Waals surface area (Å²) < 4.78 is 56.2. The van der Waals surface area contributed by atoms with Crippen LogP contribution in [0.1, 0.15) is 5.56 Å². The number of aliphatic carboxylic acids is 1. The summed E-state index contributed by atoms with van der Waals surface area (Å²) in [5, 5.41) is 7.12. The zero-order valence-corrected chi connectivity index (χ0v) is 12.1. The molecule has 120 valence electrons. The van der Waals surface area contributed by atoms with Crippen molar-refractivity contribution in [3.05, 3.63) is 29.8 Å². The Bertz CT molecular complexity index is 568. The van der Waals surface area contributed by atoms with Gasteiger partial charge in [-0.25, -0.2) is 17.5 Å². The number of sulfonamides is 1. The Hall–Kier alpha value is -1.65. The Morgan fingerprint density at radius 3 is 1.86 bits per heavy atom. The lowest BCUT2D eigenvalue weighted by atomic mass is 10.2. The molecule has 0 aliphatic heterocycles. The molecule has 0 radical (unpaired) electrons. The summed E-state index contributed by atoms with van der Waals surface area (Å²) in [6.45, 7) is 0.419. The predicted molar refractivity (Wildman–Crippen MR) is 68.9 cm³/mol. The number of carboxylic acids is 1. The molecular formula is C11H15F3N2O4S. The van der Waals surface area contributed by atoms with Crippen LogP contribution in [-0.2, 0) is 21.4 Å². The largest absolute Gasteiger partial charge is 0.490 e. The summed E-state index contributed by atoms with van der Waals surface area (Å²) in [5.74, 6) is -2.76. The van der Waals surface area contributed by atoms with Crippen LogP contribution in [0.3, 0.4) is 0 Å². The summed E-state index contributed by atoms with van der Waals surface area (Å²) in [7, 11) is -0.297. The molecule has 0 spiro atoms. The van der Waals surface area contributed by atoms with Crippen molar-refractivity contribution in [3.8, 4) is 0 Å². The molecule has 0 unspecified atom stereocenters. The van der Waals surface area contributed by atoms with E-state index in [0.717, 1.165) is 5.56 Å². The van der Waals surface area contributed by atoms with Gasteiger partial charge in [-0.2, -0.15) is 13.2 Å². The number of hydrogen-bond donors (Lipinski definition) is 2. The highest BCUT2D eigenvalue weighted by molar-refractivity contribution is 7.89. The van der Waals surface area contributed by atoms with Gasteiger partial charge in [-0.15, -0.1) is 0 Å². The lowest BCUT2D eigenvalue weighted by molar-refractivity contribution is -0.192. The first-order valence-corrected chi connectivity index (χ1v) is 6.88. The van der Waals surface area contributed by atoms with Gasteiger partial charge >= 0.3 is 12.1 Å². The third-order valence-corrected chi connectivity index (χ3v) is 4.01. The number of nitrogens with two attached hydrogens (primary N) is 1. The number of alkyl halides is 3. The summed E-state index contributed by atoms with van der Waals surface area (Å²) in [4.78, 5) is 9.19. The number of nitrogens with zero attached hydrogens (tertiary/aromatic N) is 1. The van der Waals surface area contributed by atoms with E-state index in [1.165, 1.54) is 18.4 Å². The lowest BCUT2D eigenvalue weighted by Crippen LogP contribution is -2.22. The molecule has 1 aromatic rings. The molecule has 0 aromatic heterocycles. The van der Waals surface area contributed by atoms with Crippen molar-refractivity contribution in [2.45, 2.75) is 17.6 Å². The molecule has 3 N–H and O–H groups in total. The number of carboxylic acid groups (broad SMARTS) is 1. The van der Waals surface area contributed by atoms with Gasteiger partial charge in [-0.1, -0.05) is 12.1 Å². The molecule has 1 aromatic carbocycles. The van der Waals surface area contributed by atoms with Crippen LogP contribution in [0.25, 0.3) is 0 Å². The van der Waals surface area contributed by atoms with Crippen LogP contribution >= 0.6 is 0 Å². The monoisotopic (exact) mass is 328 g/mol. The molecule has 1 rings (SSSR count). The van der Waals surface area contributed by atoms with Crippen LogP contribution in [0.15, 0.2) is 29.2 Å². The second kappa shape index (κ2) is 7.38. The van der Waals surface area contributed by atoms with E-state index in [4.69, 9.17) is 15.6 Å². The van der Waals surface area contributed by atoms with E-state index >= 15 is 0 Å². The van der Waals surface area contributed by atoms with Gasteiger partial charge in [-0.3, -0.25) is 0 Å². The van der Waals surface area contributed by atoms with Gasteiger partial charge in [0.1, 0.15) is 0 Å². The minimum absolute atomic E-state index is 0.291. The predicted octanol–water partition coefficient (Wildman–Crippen LogP) is 1.03. The SMILES string of the molecule is CN(C)S(=O)(=O)c1ccc(CN)cc1.O=C(O)C(F)(F)F. The quantitative estimate of drug-likeness (QED) is 0.863. The first kappa shape index (κ1) is 19.4. The maximum absolute atomic E-state index is 11.6. The maximum Gasteiger partial charge on any atom is 0.490 e. The van der Waals surface area contributed by atoms with Gasteiger partial charge in [0.05, 0.1) is 4.90 Å². The minimum atomic E-state index is -5.08. The Morgan fingerprint density at radius 1 is 1.24 bits per heavy atom. The van der Waals surface area contributed by atoms with Crippen LogP contribution < -0.4 is 5.73 Å². The zero-order chi connectivity index (χ0) is 16.8. The van der Waals surface area contributed by atoms with Gasteiger partial charge < -0.3 is 10.8 Å². The van der Waals surface area contributed by atoms with E-state index in [0.29, 0.717) is 11.4 Å². The van der Waals surface area contributed by atoms with Crippen LogP contribution in [0.4, 0.5) is 13.2 Å². The number of rotatable bonds is 3. The fraction of sp³-hybridized carbons (Fsp3) is 0.364. The molecule has 0 aliphatic carbocycles. The third kappa shape index (κ3) is 6.10. The van der Waals surface area contributed by atoms with Crippen molar-refractivity contribution < 1.29 is 31.5 Å². The van der Waals surface area contributed by atoms with E-state index in [1.807, 2.05) is 0 Å². The molecule has 21 heavy (non-hydrogen) atoms. The van der Waals surface area contributed by atoms with Crippen molar-refractivity contribution in [1.82, 2.24) is 4.31 Å². The third-order valence-electron chi connectivity index (χ3n) is 2.18. The Balaban J connectivity index is 0.000000486. The van der Waals surface area contributed by atoms with Gasteiger partial charge in [0.25, 0.3) is 0 Å². The van der Waals surface area contributed by atoms with E-state index in [9.17, 15) is 21.6 Å². The molecule has 10 heteroatoms. The highest BCUT2D eigenvalue weighted by Crippen LogP contribution is 2.14. The average Bonchev–Trinajstić information content (AvgIpc) is 2.38. The summed E-state index contributed by atoms with van der Waals surface area (Å²) in [5.41, 5.74) is 6.33. The molecule has 0 atom stereocenters. The Kier molecular flexibility index (Phi) is 6.80. The fourth-order valence-corrected chi connectivity index (χ4v) is 1.91. The lowest BCUT2D eigenvalue weighted by Gasteiger charge is -2.11. The zero-order valence-electron chi connectivity index (χ0n) is 11.3. The molecule has 6 nitrogen and oxygen atoms in total. The summed E-state index contributed by atoms with van der Waals surface area (Å²) in [6, 6.07) is 6.57. The molecule has 0 amide bonds. The molecule has 0 fully saturated rings. The molecule has 0 saturated carbocycles. The van der Waals surface area contributed by atoms with Crippen LogP contribution in [0.5, 0.6) is 0 Å². The van der Waals surface area contributed by atoms with Crippen LogP contribution in [-0.4, -0.2) is 44.1 Å². The Morgan fingerprint density at radius 2 is 1.62 bits per heavy atom. The summed E-state index contributed by atoms with van der Waals surface area (Å²) in [6.07, 6.45) is -5.08. The molecule has 0 bridgehead atoms. The smallest absolute Gasteiger partial charge is 0.475 e. The topological polar surface area (TPSA) is 101 Å². The van der Waals surface area contributed by atoms with Gasteiger partial charge in [0.2, 0.25) is 10.0 Å². The number of halogens is 3. The second-order valence-electron chi connectivity index (χ2n) is 3.94. The van der Waals surface area contributed by atoms with Crippen LogP contribution in [0, 0.1) is 0 Å².